The van der Waals surface area contributed by atoms with E-state index < -0.39 is 0 Å². The van der Waals surface area contributed by atoms with E-state index in [4.69, 9.17) is 16.3 Å². The largest absolute Gasteiger partial charge is 0.378 e. The van der Waals surface area contributed by atoms with Gasteiger partial charge in [0.15, 0.2) is 0 Å². The Morgan fingerprint density at radius 3 is 2.50 bits per heavy atom. The molecule has 1 aliphatic heterocycles. The second-order valence-corrected chi connectivity index (χ2v) is 5.45. The normalized spacial score (nSPS) is 15.2. The molecule has 0 spiro atoms. The predicted molar refractivity (Wildman–Crippen MR) is 92.1 cm³/mol. The van der Waals surface area contributed by atoms with Crippen LogP contribution in [-0.4, -0.2) is 32.5 Å². The van der Waals surface area contributed by atoms with E-state index in [0.717, 1.165) is 37.6 Å². The highest BCUT2D eigenvalue weighted by Crippen LogP contribution is 2.20. The molecule has 1 heterocycles. The fraction of sp³-hybridized carbons (Fsp3) is 0.235. The highest BCUT2D eigenvalue weighted by Gasteiger charge is 2.10. The van der Waals surface area contributed by atoms with E-state index in [-0.39, 0.29) is 0 Å². The molecule has 3 rings (SSSR count). The van der Waals surface area contributed by atoms with Crippen molar-refractivity contribution in [3.8, 4) is 0 Å². The number of morpholine rings is 1. The van der Waals surface area contributed by atoms with Crippen LogP contribution in [0.15, 0.2) is 53.6 Å². The summed E-state index contributed by atoms with van der Waals surface area (Å²) in [4.78, 5) is 2.33. The number of nitrogens with one attached hydrogen (secondary N) is 1. The van der Waals surface area contributed by atoms with Gasteiger partial charge in [0.05, 0.1) is 30.1 Å². The lowest BCUT2D eigenvalue weighted by molar-refractivity contribution is 0.122. The third-order valence-corrected chi connectivity index (χ3v) is 3.87. The van der Waals surface area contributed by atoms with Gasteiger partial charge in [-0.05, 0) is 29.8 Å². The van der Waals surface area contributed by atoms with E-state index in [2.05, 4.69) is 39.7 Å². The molecule has 114 valence electrons. The summed E-state index contributed by atoms with van der Waals surface area (Å²) < 4.78 is 5.37. The number of nitrogens with zero attached hydrogens (tertiary/aromatic N) is 2. The van der Waals surface area contributed by atoms with Crippen molar-refractivity contribution in [1.82, 2.24) is 0 Å². The van der Waals surface area contributed by atoms with Crippen LogP contribution in [-0.2, 0) is 4.74 Å². The zero-order valence-electron chi connectivity index (χ0n) is 12.2. The molecule has 0 aromatic heterocycles. The molecule has 0 radical (unpaired) electrons. The van der Waals surface area contributed by atoms with Gasteiger partial charge in [-0.3, -0.25) is 5.43 Å². The molecule has 1 N–H and O–H groups in total. The van der Waals surface area contributed by atoms with Gasteiger partial charge in [-0.1, -0.05) is 35.9 Å². The fourth-order valence-electron chi connectivity index (χ4n) is 2.32. The van der Waals surface area contributed by atoms with E-state index >= 15 is 0 Å². The predicted octanol–water partition coefficient (Wildman–Crippen LogP) is 3.62. The maximum atomic E-state index is 6.06. The lowest BCUT2D eigenvalue weighted by Crippen LogP contribution is -2.36. The molecule has 1 saturated heterocycles. The molecular formula is C17H18ClN3O. The molecule has 0 aliphatic carbocycles. The smallest absolute Gasteiger partial charge is 0.0748 e. The summed E-state index contributed by atoms with van der Waals surface area (Å²) in [6.07, 6.45) is 1.78. The van der Waals surface area contributed by atoms with Crippen LogP contribution < -0.4 is 10.3 Å². The molecule has 2 aromatic rings. The van der Waals surface area contributed by atoms with Gasteiger partial charge in [-0.15, -0.1) is 0 Å². The van der Waals surface area contributed by atoms with Crippen LogP contribution in [0, 0.1) is 0 Å². The Kier molecular flexibility index (Phi) is 4.93. The molecule has 1 aliphatic rings. The monoisotopic (exact) mass is 315 g/mol. The van der Waals surface area contributed by atoms with Gasteiger partial charge < -0.3 is 9.64 Å². The number of benzene rings is 2. The summed E-state index contributed by atoms with van der Waals surface area (Å²) in [5, 5.41) is 4.88. The van der Waals surface area contributed by atoms with E-state index in [1.54, 1.807) is 6.21 Å². The minimum atomic E-state index is 0.655. The van der Waals surface area contributed by atoms with Gasteiger partial charge >= 0.3 is 0 Å². The van der Waals surface area contributed by atoms with Gasteiger partial charge in [0.2, 0.25) is 0 Å². The Balaban J connectivity index is 1.61. The third-order valence-electron chi connectivity index (χ3n) is 3.54. The molecule has 2 aromatic carbocycles. The van der Waals surface area contributed by atoms with Gasteiger partial charge in [0, 0.05) is 18.8 Å². The maximum absolute atomic E-state index is 6.06. The lowest BCUT2D eigenvalue weighted by atomic mass is 10.2. The van der Waals surface area contributed by atoms with Crippen molar-refractivity contribution in [2.75, 3.05) is 36.6 Å². The lowest BCUT2D eigenvalue weighted by Gasteiger charge is -2.28. The molecule has 0 bridgehead atoms. The second kappa shape index (κ2) is 7.29. The summed E-state index contributed by atoms with van der Waals surface area (Å²) in [5.41, 5.74) is 6.01. The molecule has 0 unspecified atom stereocenters. The standard InChI is InChI=1S/C17H18ClN3O/c18-16-3-1-2-4-17(16)20-19-13-14-5-7-15(8-6-14)21-9-11-22-12-10-21/h1-8,13,20H,9-12H2/b19-13-. The minimum absolute atomic E-state index is 0.655. The van der Waals surface area contributed by atoms with Crippen LogP contribution >= 0.6 is 11.6 Å². The first-order valence-electron chi connectivity index (χ1n) is 7.29. The quantitative estimate of drug-likeness (QED) is 0.691. The molecule has 0 saturated carbocycles. The van der Waals surface area contributed by atoms with Crippen molar-refractivity contribution in [1.29, 1.82) is 0 Å². The molecule has 1 fully saturated rings. The number of rotatable bonds is 4. The number of hydrogen-bond donors (Lipinski definition) is 1. The first kappa shape index (κ1) is 14.9. The fourth-order valence-corrected chi connectivity index (χ4v) is 2.50. The van der Waals surface area contributed by atoms with Crippen molar-refractivity contribution in [2.24, 2.45) is 5.10 Å². The highest BCUT2D eigenvalue weighted by molar-refractivity contribution is 6.33. The second-order valence-electron chi connectivity index (χ2n) is 5.04. The first-order valence-corrected chi connectivity index (χ1v) is 7.67. The average molecular weight is 316 g/mol. The van der Waals surface area contributed by atoms with Gasteiger partial charge in [0.1, 0.15) is 0 Å². The van der Waals surface area contributed by atoms with Crippen molar-refractivity contribution in [3.05, 3.63) is 59.1 Å². The van der Waals surface area contributed by atoms with Crippen molar-refractivity contribution in [3.63, 3.8) is 0 Å². The summed E-state index contributed by atoms with van der Waals surface area (Å²) in [7, 11) is 0. The zero-order valence-corrected chi connectivity index (χ0v) is 13.0. The van der Waals surface area contributed by atoms with Crippen LogP contribution in [0.2, 0.25) is 5.02 Å². The number of anilines is 2. The van der Waals surface area contributed by atoms with E-state index in [0.29, 0.717) is 5.02 Å². The zero-order chi connectivity index (χ0) is 15.2. The number of halogens is 1. The van der Waals surface area contributed by atoms with Gasteiger partial charge in [-0.25, -0.2) is 0 Å². The Labute approximate surface area is 135 Å². The number of para-hydroxylation sites is 1. The van der Waals surface area contributed by atoms with Gasteiger partial charge in [-0.2, -0.15) is 5.10 Å². The topological polar surface area (TPSA) is 36.9 Å². The number of hydrazone groups is 1. The first-order chi connectivity index (χ1) is 10.8. The Bertz CT molecular complexity index is 637. The van der Waals surface area contributed by atoms with Gasteiger partial charge in [0.25, 0.3) is 0 Å². The van der Waals surface area contributed by atoms with E-state index in [1.165, 1.54) is 5.69 Å². The van der Waals surface area contributed by atoms with Crippen LogP contribution in [0.25, 0.3) is 0 Å². The molecule has 0 atom stereocenters. The minimum Gasteiger partial charge on any atom is -0.378 e. The summed E-state index contributed by atoms with van der Waals surface area (Å²) >= 11 is 6.06. The molecule has 0 amide bonds. The van der Waals surface area contributed by atoms with Crippen LogP contribution in [0.3, 0.4) is 0 Å². The van der Waals surface area contributed by atoms with E-state index in [1.807, 2.05) is 24.3 Å². The molecule has 4 nitrogen and oxygen atoms in total. The summed E-state index contributed by atoms with van der Waals surface area (Å²) in [6.45, 7) is 3.49. The Morgan fingerprint density at radius 2 is 1.77 bits per heavy atom. The molecule has 5 heteroatoms. The van der Waals surface area contributed by atoms with Crippen molar-refractivity contribution >= 4 is 29.2 Å². The van der Waals surface area contributed by atoms with Crippen LogP contribution in [0.4, 0.5) is 11.4 Å². The molecular weight excluding hydrogens is 298 g/mol. The van der Waals surface area contributed by atoms with E-state index in [9.17, 15) is 0 Å². The van der Waals surface area contributed by atoms with Crippen molar-refractivity contribution in [2.45, 2.75) is 0 Å². The SMILES string of the molecule is Clc1ccccc1N/N=C\c1ccc(N2CCOCC2)cc1. The van der Waals surface area contributed by atoms with Crippen LogP contribution in [0.5, 0.6) is 0 Å². The summed E-state index contributed by atoms with van der Waals surface area (Å²) in [5.74, 6) is 0. The number of hydrogen-bond acceptors (Lipinski definition) is 4. The molecule has 22 heavy (non-hydrogen) atoms. The maximum Gasteiger partial charge on any atom is 0.0748 e. The number of ether oxygens (including phenoxy) is 1. The van der Waals surface area contributed by atoms with Crippen LogP contribution in [0.1, 0.15) is 5.56 Å². The highest BCUT2D eigenvalue weighted by atomic mass is 35.5. The Morgan fingerprint density at radius 1 is 1.05 bits per heavy atom. The summed E-state index contributed by atoms with van der Waals surface area (Å²) in [6, 6.07) is 15.9. The third kappa shape index (κ3) is 3.78. The average Bonchev–Trinajstić information content (AvgIpc) is 2.58. The Hall–Kier alpha value is -2.04. The van der Waals surface area contributed by atoms with Crippen molar-refractivity contribution < 1.29 is 4.74 Å².